The smallest absolute Gasteiger partial charge is 0.0789 e. The van der Waals surface area contributed by atoms with Gasteiger partial charge in [-0.15, -0.1) is 0 Å². The Morgan fingerprint density at radius 2 is 2.00 bits per heavy atom. The Balaban J connectivity index is 3.25. The fourth-order valence-corrected chi connectivity index (χ4v) is 2.57. The van der Waals surface area contributed by atoms with Crippen molar-refractivity contribution in [1.82, 2.24) is 9.78 Å². The van der Waals surface area contributed by atoms with Gasteiger partial charge in [-0.05, 0) is 48.4 Å². The van der Waals surface area contributed by atoms with Gasteiger partial charge in [-0.3, -0.25) is 4.68 Å². The highest BCUT2D eigenvalue weighted by Gasteiger charge is 2.14. The normalized spacial score (nSPS) is 10.8. The van der Waals surface area contributed by atoms with E-state index in [4.69, 9.17) is 0 Å². The van der Waals surface area contributed by atoms with E-state index >= 15 is 0 Å². The second-order valence-electron chi connectivity index (χ2n) is 4.08. The molecule has 1 heterocycles. The molecule has 0 fully saturated rings. The SMILES string of the molecule is CC(C)=Cc1c(I)c(C(C)C)nn1C. The molecular formula is C11H17IN2. The van der Waals surface area contributed by atoms with Gasteiger partial charge in [0.15, 0.2) is 0 Å². The minimum Gasteiger partial charge on any atom is -0.267 e. The second kappa shape index (κ2) is 4.47. The Kier molecular flexibility index (Phi) is 3.75. The third-order valence-electron chi connectivity index (χ3n) is 2.03. The zero-order valence-corrected chi connectivity index (χ0v) is 11.6. The van der Waals surface area contributed by atoms with Crippen molar-refractivity contribution in [3.63, 3.8) is 0 Å². The lowest BCUT2D eigenvalue weighted by molar-refractivity contribution is 0.708. The summed E-state index contributed by atoms with van der Waals surface area (Å²) < 4.78 is 3.24. The highest BCUT2D eigenvalue weighted by Crippen LogP contribution is 2.24. The zero-order valence-electron chi connectivity index (χ0n) is 9.43. The first-order valence-electron chi connectivity index (χ1n) is 4.80. The molecule has 0 saturated carbocycles. The lowest BCUT2D eigenvalue weighted by Crippen LogP contribution is -1.95. The van der Waals surface area contributed by atoms with Crippen molar-refractivity contribution in [3.05, 3.63) is 20.5 Å². The van der Waals surface area contributed by atoms with Gasteiger partial charge in [0.1, 0.15) is 0 Å². The Morgan fingerprint density at radius 3 is 2.36 bits per heavy atom. The van der Waals surface area contributed by atoms with E-state index in [2.05, 4.69) is 61.5 Å². The number of hydrogen-bond acceptors (Lipinski definition) is 1. The van der Waals surface area contributed by atoms with E-state index in [-0.39, 0.29) is 0 Å². The van der Waals surface area contributed by atoms with Crippen molar-refractivity contribution in [1.29, 1.82) is 0 Å². The van der Waals surface area contributed by atoms with Gasteiger partial charge in [-0.2, -0.15) is 5.10 Å². The van der Waals surface area contributed by atoms with Gasteiger partial charge in [-0.1, -0.05) is 19.4 Å². The Morgan fingerprint density at radius 1 is 1.43 bits per heavy atom. The van der Waals surface area contributed by atoms with Crippen LogP contribution in [0.5, 0.6) is 0 Å². The van der Waals surface area contributed by atoms with E-state index < -0.39 is 0 Å². The van der Waals surface area contributed by atoms with Gasteiger partial charge in [0.05, 0.1) is 15.0 Å². The average molecular weight is 304 g/mol. The Labute approximate surface area is 99.5 Å². The molecule has 0 N–H and O–H groups in total. The molecule has 3 heteroatoms. The number of hydrogen-bond donors (Lipinski definition) is 0. The van der Waals surface area contributed by atoms with Crippen molar-refractivity contribution in [2.75, 3.05) is 0 Å². The van der Waals surface area contributed by atoms with E-state index in [9.17, 15) is 0 Å². The van der Waals surface area contributed by atoms with Crippen LogP contribution in [0.15, 0.2) is 5.57 Å². The molecule has 0 bridgehead atoms. The van der Waals surface area contributed by atoms with E-state index in [0.717, 1.165) is 0 Å². The molecule has 0 spiro atoms. The summed E-state index contributed by atoms with van der Waals surface area (Å²) >= 11 is 2.38. The molecule has 0 unspecified atom stereocenters. The molecule has 0 aliphatic rings. The Hall–Kier alpha value is -0.320. The van der Waals surface area contributed by atoms with Crippen LogP contribution in [0.3, 0.4) is 0 Å². The maximum absolute atomic E-state index is 4.53. The van der Waals surface area contributed by atoms with Crippen LogP contribution in [-0.4, -0.2) is 9.78 Å². The first kappa shape index (κ1) is 11.8. The summed E-state index contributed by atoms with van der Waals surface area (Å²) in [5.41, 5.74) is 3.72. The first-order chi connectivity index (χ1) is 6.43. The molecule has 0 amide bonds. The fourth-order valence-electron chi connectivity index (χ4n) is 1.33. The molecule has 0 saturated heterocycles. The number of allylic oxidation sites excluding steroid dienone is 1. The number of halogens is 1. The number of aromatic nitrogens is 2. The predicted molar refractivity (Wildman–Crippen MR) is 69.3 cm³/mol. The van der Waals surface area contributed by atoms with Crippen molar-refractivity contribution >= 4 is 28.7 Å². The van der Waals surface area contributed by atoms with Crippen molar-refractivity contribution in [2.45, 2.75) is 33.6 Å². The van der Waals surface area contributed by atoms with Gasteiger partial charge >= 0.3 is 0 Å². The lowest BCUT2D eigenvalue weighted by Gasteiger charge is -1.99. The van der Waals surface area contributed by atoms with Gasteiger partial charge in [0, 0.05) is 7.05 Å². The van der Waals surface area contributed by atoms with Crippen LogP contribution >= 0.6 is 22.6 Å². The van der Waals surface area contributed by atoms with Gasteiger partial charge in [0.2, 0.25) is 0 Å². The number of nitrogens with zero attached hydrogens (tertiary/aromatic N) is 2. The largest absolute Gasteiger partial charge is 0.267 e. The summed E-state index contributed by atoms with van der Waals surface area (Å²) in [6.07, 6.45) is 2.18. The van der Waals surface area contributed by atoms with Crippen LogP contribution in [0.1, 0.15) is 45.0 Å². The van der Waals surface area contributed by atoms with E-state index in [1.54, 1.807) is 0 Å². The van der Waals surface area contributed by atoms with Gasteiger partial charge in [-0.25, -0.2) is 0 Å². The van der Waals surface area contributed by atoms with Crippen molar-refractivity contribution in [3.8, 4) is 0 Å². The number of rotatable bonds is 2. The highest BCUT2D eigenvalue weighted by molar-refractivity contribution is 14.1. The number of aryl methyl sites for hydroxylation is 1. The van der Waals surface area contributed by atoms with E-state index in [0.29, 0.717) is 5.92 Å². The summed E-state index contributed by atoms with van der Waals surface area (Å²) in [6, 6.07) is 0. The van der Waals surface area contributed by atoms with Crippen LogP contribution < -0.4 is 0 Å². The summed E-state index contributed by atoms with van der Waals surface area (Å²) in [5.74, 6) is 0.493. The molecular weight excluding hydrogens is 287 g/mol. The molecule has 78 valence electrons. The average Bonchev–Trinajstić information content (AvgIpc) is 2.31. The fraction of sp³-hybridized carbons (Fsp3) is 0.545. The molecule has 0 radical (unpaired) electrons. The second-order valence-corrected chi connectivity index (χ2v) is 5.16. The molecule has 2 nitrogen and oxygen atoms in total. The van der Waals surface area contributed by atoms with Crippen LogP contribution in [0.25, 0.3) is 6.08 Å². The summed E-state index contributed by atoms with van der Waals surface area (Å²) in [7, 11) is 2.00. The zero-order chi connectivity index (χ0) is 10.9. The minimum atomic E-state index is 0.493. The summed E-state index contributed by atoms with van der Waals surface area (Å²) in [6.45, 7) is 8.57. The van der Waals surface area contributed by atoms with Crippen LogP contribution in [0, 0.1) is 3.57 Å². The quantitative estimate of drug-likeness (QED) is 0.764. The van der Waals surface area contributed by atoms with E-state index in [1.807, 2.05) is 11.7 Å². The molecule has 0 aliphatic heterocycles. The first-order valence-corrected chi connectivity index (χ1v) is 5.88. The maximum atomic E-state index is 4.53. The van der Waals surface area contributed by atoms with Crippen molar-refractivity contribution in [2.24, 2.45) is 7.05 Å². The third kappa shape index (κ3) is 2.38. The summed E-state index contributed by atoms with van der Waals surface area (Å²) in [4.78, 5) is 0. The monoisotopic (exact) mass is 304 g/mol. The van der Waals surface area contributed by atoms with Gasteiger partial charge < -0.3 is 0 Å². The summed E-state index contributed by atoms with van der Waals surface area (Å²) in [5, 5.41) is 4.53. The molecule has 1 aromatic rings. The maximum Gasteiger partial charge on any atom is 0.0789 e. The lowest BCUT2D eigenvalue weighted by atomic mass is 10.1. The van der Waals surface area contributed by atoms with Gasteiger partial charge in [0.25, 0.3) is 0 Å². The van der Waals surface area contributed by atoms with Crippen LogP contribution in [0.2, 0.25) is 0 Å². The molecule has 0 aliphatic carbocycles. The molecule has 0 atom stereocenters. The van der Waals surface area contributed by atoms with Crippen LogP contribution in [0.4, 0.5) is 0 Å². The molecule has 14 heavy (non-hydrogen) atoms. The topological polar surface area (TPSA) is 17.8 Å². The molecule has 1 rings (SSSR count). The third-order valence-corrected chi connectivity index (χ3v) is 3.13. The van der Waals surface area contributed by atoms with Crippen LogP contribution in [-0.2, 0) is 7.05 Å². The molecule has 0 aromatic carbocycles. The van der Waals surface area contributed by atoms with Crippen molar-refractivity contribution < 1.29 is 0 Å². The Bertz CT molecular complexity index is 358. The molecule has 1 aromatic heterocycles. The van der Waals surface area contributed by atoms with E-state index in [1.165, 1.54) is 20.5 Å². The standard InChI is InChI=1S/C11H17IN2/c1-7(2)6-9-10(12)11(8(3)4)13-14(9)5/h6,8H,1-5H3. The highest BCUT2D eigenvalue weighted by atomic mass is 127. The predicted octanol–water partition coefficient (Wildman–Crippen LogP) is 3.57. The minimum absolute atomic E-state index is 0.493.